The minimum atomic E-state index is -1.01. The second-order valence-corrected chi connectivity index (χ2v) is 3.89. The normalized spacial score (nSPS) is 14.8. The van der Waals surface area contributed by atoms with E-state index in [1.807, 2.05) is 0 Å². The fourth-order valence-corrected chi connectivity index (χ4v) is 0.776. The van der Waals surface area contributed by atoms with Crippen molar-refractivity contribution < 1.29 is 9.90 Å². The number of carboxylic acid groups (broad SMARTS) is 1. The minimum Gasteiger partial charge on any atom is -0.480 e. The molecule has 3 nitrogen and oxygen atoms in total. The van der Waals surface area contributed by atoms with E-state index in [1.165, 1.54) is 0 Å². The van der Waals surface area contributed by atoms with Crippen LogP contribution in [0.4, 0.5) is 0 Å². The molecule has 0 saturated heterocycles. The largest absolute Gasteiger partial charge is 0.480 e. The Morgan fingerprint density at radius 3 is 2.30 bits per heavy atom. The van der Waals surface area contributed by atoms with Crippen molar-refractivity contribution in [3.05, 3.63) is 0 Å². The highest BCUT2D eigenvalue weighted by atomic mass is 35.5. The van der Waals surface area contributed by atoms with Crippen LogP contribution in [0.2, 0.25) is 0 Å². The van der Waals surface area contributed by atoms with Gasteiger partial charge >= 0.3 is 5.97 Å². The molecule has 0 aliphatic heterocycles. The molecule has 4 heteroatoms. The van der Waals surface area contributed by atoms with Gasteiger partial charge in [0.2, 0.25) is 0 Å². The van der Waals surface area contributed by atoms with Crippen LogP contribution in [0.3, 0.4) is 0 Å². The number of carbonyl (C=O) groups is 1. The van der Waals surface area contributed by atoms with E-state index in [-0.39, 0.29) is 6.42 Å². The topological polar surface area (TPSA) is 63.3 Å². The SMILES string of the molecule is CC(C)(Cl)C[C@H](N)C(=O)O. The van der Waals surface area contributed by atoms with Gasteiger partial charge in [-0.15, -0.1) is 11.6 Å². The first-order valence-electron chi connectivity index (χ1n) is 3.00. The summed E-state index contributed by atoms with van der Waals surface area (Å²) in [5, 5.41) is 8.36. The maximum atomic E-state index is 10.2. The van der Waals surface area contributed by atoms with Crippen LogP contribution in [-0.4, -0.2) is 22.0 Å². The lowest BCUT2D eigenvalue weighted by atomic mass is 10.0. The monoisotopic (exact) mass is 165 g/mol. The van der Waals surface area contributed by atoms with Crippen LogP contribution in [0.25, 0.3) is 0 Å². The highest BCUT2D eigenvalue weighted by molar-refractivity contribution is 6.23. The van der Waals surface area contributed by atoms with Gasteiger partial charge in [-0.1, -0.05) is 0 Å². The maximum absolute atomic E-state index is 10.2. The molecule has 60 valence electrons. The molecule has 0 aliphatic rings. The number of hydrogen-bond acceptors (Lipinski definition) is 2. The van der Waals surface area contributed by atoms with E-state index in [1.54, 1.807) is 13.8 Å². The highest BCUT2D eigenvalue weighted by Gasteiger charge is 2.22. The number of nitrogens with two attached hydrogens (primary N) is 1. The summed E-state index contributed by atoms with van der Waals surface area (Å²) in [5.74, 6) is -1.01. The molecule has 0 rings (SSSR count). The summed E-state index contributed by atoms with van der Waals surface area (Å²) in [6.07, 6.45) is 0.282. The zero-order valence-electron chi connectivity index (χ0n) is 6.10. The van der Waals surface area contributed by atoms with Crippen molar-refractivity contribution in [2.75, 3.05) is 0 Å². The molecule has 0 amide bonds. The van der Waals surface area contributed by atoms with E-state index in [2.05, 4.69) is 0 Å². The van der Waals surface area contributed by atoms with Crippen LogP contribution in [0, 0.1) is 0 Å². The van der Waals surface area contributed by atoms with Crippen LogP contribution in [0.5, 0.6) is 0 Å². The van der Waals surface area contributed by atoms with Crippen LogP contribution in [0.15, 0.2) is 0 Å². The molecule has 0 aromatic rings. The van der Waals surface area contributed by atoms with Crippen LogP contribution in [-0.2, 0) is 4.79 Å². The molecule has 3 N–H and O–H groups in total. The Labute approximate surface area is 65.2 Å². The molecular formula is C6H12ClNO2. The molecule has 0 unspecified atom stereocenters. The quantitative estimate of drug-likeness (QED) is 0.609. The number of carboxylic acids is 1. The molecule has 0 spiro atoms. The van der Waals surface area contributed by atoms with Gasteiger partial charge in [0.05, 0.1) is 0 Å². The van der Waals surface area contributed by atoms with Gasteiger partial charge in [-0.3, -0.25) is 4.79 Å². The second kappa shape index (κ2) is 3.21. The first-order valence-corrected chi connectivity index (χ1v) is 3.38. The molecule has 0 aromatic heterocycles. The fraction of sp³-hybridized carbons (Fsp3) is 0.833. The number of rotatable bonds is 3. The molecule has 0 bridgehead atoms. The summed E-state index contributed by atoms with van der Waals surface area (Å²) in [4.78, 5) is 9.66. The van der Waals surface area contributed by atoms with Crippen molar-refractivity contribution in [2.45, 2.75) is 31.2 Å². The van der Waals surface area contributed by atoms with Crippen molar-refractivity contribution in [1.29, 1.82) is 0 Å². The average Bonchev–Trinajstić information content (AvgIpc) is 1.60. The van der Waals surface area contributed by atoms with E-state index in [0.29, 0.717) is 0 Å². The zero-order valence-corrected chi connectivity index (χ0v) is 6.85. The smallest absolute Gasteiger partial charge is 0.320 e. The van der Waals surface area contributed by atoms with Gasteiger partial charge in [-0.05, 0) is 20.3 Å². The summed E-state index contributed by atoms with van der Waals surface area (Å²) in [6.45, 7) is 3.47. The number of aliphatic carboxylic acids is 1. The van der Waals surface area contributed by atoms with Gasteiger partial charge in [0, 0.05) is 4.87 Å². The fourth-order valence-electron chi connectivity index (χ4n) is 0.610. The third-order valence-corrected chi connectivity index (χ3v) is 1.18. The minimum absolute atomic E-state index is 0.282. The van der Waals surface area contributed by atoms with Gasteiger partial charge in [-0.2, -0.15) is 0 Å². The van der Waals surface area contributed by atoms with Gasteiger partial charge in [0.1, 0.15) is 6.04 Å². The van der Waals surface area contributed by atoms with Crippen molar-refractivity contribution in [3.63, 3.8) is 0 Å². The van der Waals surface area contributed by atoms with Crippen molar-refractivity contribution in [2.24, 2.45) is 5.73 Å². The Kier molecular flexibility index (Phi) is 3.12. The Hall–Kier alpha value is -0.280. The molecule has 0 fully saturated rings. The molecule has 0 radical (unpaired) electrons. The average molecular weight is 166 g/mol. The third-order valence-electron chi connectivity index (χ3n) is 1.02. The van der Waals surface area contributed by atoms with Gasteiger partial charge in [0.25, 0.3) is 0 Å². The van der Waals surface area contributed by atoms with Crippen LogP contribution < -0.4 is 5.73 Å². The van der Waals surface area contributed by atoms with Crippen LogP contribution in [0.1, 0.15) is 20.3 Å². The van der Waals surface area contributed by atoms with Gasteiger partial charge in [0.15, 0.2) is 0 Å². The van der Waals surface area contributed by atoms with Gasteiger partial charge in [-0.25, -0.2) is 0 Å². The standard InChI is InChI=1S/C6H12ClNO2/c1-6(2,7)3-4(8)5(9)10/h4H,3,8H2,1-2H3,(H,9,10)/t4-/m0/s1. The Balaban J connectivity index is 3.80. The Morgan fingerprint density at radius 2 is 2.20 bits per heavy atom. The first-order chi connectivity index (χ1) is 4.33. The molecule has 0 aromatic carbocycles. The van der Waals surface area contributed by atoms with Crippen LogP contribution >= 0.6 is 11.6 Å². The Morgan fingerprint density at radius 1 is 1.80 bits per heavy atom. The molecule has 1 atom stereocenters. The lowest BCUT2D eigenvalue weighted by Gasteiger charge is -2.17. The summed E-state index contributed by atoms with van der Waals surface area (Å²) >= 11 is 5.73. The van der Waals surface area contributed by atoms with E-state index >= 15 is 0 Å². The lowest BCUT2D eigenvalue weighted by molar-refractivity contribution is -0.138. The number of alkyl halides is 1. The van der Waals surface area contributed by atoms with Crippen molar-refractivity contribution in [3.8, 4) is 0 Å². The maximum Gasteiger partial charge on any atom is 0.320 e. The molecule has 0 saturated carbocycles. The lowest BCUT2D eigenvalue weighted by Crippen LogP contribution is -2.35. The second-order valence-electron chi connectivity index (χ2n) is 2.87. The van der Waals surface area contributed by atoms with E-state index in [4.69, 9.17) is 22.4 Å². The van der Waals surface area contributed by atoms with E-state index < -0.39 is 16.9 Å². The Bertz CT molecular complexity index is 130. The van der Waals surface area contributed by atoms with Crippen molar-refractivity contribution in [1.82, 2.24) is 0 Å². The molecular weight excluding hydrogens is 154 g/mol. The van der Waals surface area contributed by atoms with E-state index in [9.17, 15) is 4.79 Å². The summed E-state index contributed by atoms with van der Waals surface area (Å²) < 4.78 is 0. The predicted octanol–water partition coefficient (Wildman–Crippen LogP) is 0.806. The summed E-state index contributed by atoms with van der Waals surface area (Å²) in [6, 6.07) is -0.854. The number of hydrogen-bond donors (Lipinski definition) is 2. The third kappa shape index (κ3) is 4.58. The highest BCUT2D eigenvalue weighted by Crippen LogP contribution is 2.18. The summed E-state index contributed by atoms with van der Waals surface area (Å²) in [5.41, 5.74) is 5.22. The molecule has 0 heterocycles. The first kappa shape index (κ1) is 9.72. The number of halogens is 1. The predicted molar refractivity (Wildman–Crippen MR) is 40.2 cm³/mol. The molecule has 10 heavy (non-hydrogen) atoms. The summed E-state index contributed by atoms with van der Waals surface area (Å²) in [7, 11) is 0. The van der Waals surface area contributed by atoms with Gasteiger partial charge < -0.3 is 10.8 Å². The molecule has 0 aliphatic carbocycles. The zero-order chi connectivity index (χ0) is 8.36. The van der Waals surface area contributed by atoms with E-state index in [0.717, 1.165) is 0 Å². The van der Waals surface area contributed by atoms with Crippen molar-refractivity contribution >= 4 is 17.6 Å².